The number of benzene rings is 1. The summed E-state index contributed by atoms with van der Waals surface area (Å²) in [5.74, 6) is -0.284. The average Bonchev–Trinajstić information content (AvgIpc) is 3.25. The van der Waals surface area contributed by atoms with Gasteiger partial charge in [-0.15, -0.1) is 11.3 Å². The van der Waals surface area contributed by atoms with Gasteiger partial charge in [0.15, 0.2) is 5.82 Å². The van der Waals surface area contributed by atoms with E-state index in [0.717, 1.165) is 51.5 Å². The van der Waals surface area contributed by atoms with Crippen LogP contribution in [0.25, 0.3) is 11.3 Å². The molecule has 0 aliphatic carbocycles. The molecule has 1 N–H and O–H groups in total. The zero-order chi connectivity index (χ0) is 21.1. The van der Waals surface area contributed by atoms with Gasteiger partial charge in [-0.25, -0.2) is 14.2 Å². The number of amides is 1. The van der Waals surface area contributed by atoms with Crippen molar-refractivity contribution in [2.45, 2.75) is 23.8 Å². The summed E-state index contributed by atoms with van der Waals surface area (Å²) in [5.41, 5.74) is 1.43. The summed E-state index contributed by atoms with van der Waals surface area (Å²) < 4.78 is 14.7. The van der Waals surface area contributed by atoms with Crippen LogP contribution in [0.2, 0.25) is 0 Å². The third-order valence-corrected chi connectivity index (χ3v) is 7.39. The molecule has 1 aliphatic heterocycles. The normalized spacial score (nSPS) is 14.8. The Bertz CT molecular complexity index is 1110. The molecule has 1 aromatic carbocycles. The third-order valence-electron chi connectivity index (χ3n) is 4.91. The molecule has 0 bridgehead atoms. The number of hydrogen-bond acceptors (Lipinski definition) is 6. The van der Waals surface area contributed by atoms with Crippen molar-refractivity contribution in [2.75, 3.05) is 18.8 Å². The molecule has 0 saturated carbocycles. The van der Waals surface area contributed by atoms with E-state index in [-0.39, 0.29) is 16.7 Å². The maximum absolute atomic E-state index is 13.7. The number of thioether (sulfide) groups is 1. The molecule has 4 rings (SSSR count). The van der Waals surface area contributed by atoms with Crippen LogP contribution in [0, 0.1) is 5.82 Å². The lowest BCUT2D eigenvalue weighted by Crippen LogP contribution is -2.39. The Morgan fingerprint density at radius 1 is 1.37 bits per heavy atom. The van der Waals surface area contributed by atoms with Crippen LogP contribution in [0.5, 0.6) is 0 Å². The van der Waals surface area contributed by atoms with E-state index < -0.39 is 11.5 Å². The van der Waals surface area contributed by atoms with Gasteiger partial charge >= 0.3 is 5.69 Å². The Labute approximate surface area is 189 Å². The quantitative estimate of drug-likeness (QED) is 0.410. The number of thiazole rings is 1. The molecule has 1 aliphatic rings. The first kappa shape index (κ1) is 21.2. The largest absolute Gasteiger partial charge is 0.345 e. The lowest BCUT2D eigenvalue weighted by molar-refractivity contribution is -0.129. The molecule has 2 aromatic heterocycles. The number of nitrogens with one attached hydrogen (secondary N) is 1. The Morgan fingerprint density at radius 2 is 2.17 bits per heavy atom. The van der Waals surface area contributed by atoms with Crippen LogP contribution in [0.4, 0.5) is 4.39 Å². The van der Waals surface area contributed by atoms with Gasteiger partial charge < -0.3 is 4.90 Å². The Hall–Kier alpha value is -2.04. The van der Waals surface area contributed by atoms with Crippen LogP contribution >= 0.6 is 39.0 Å². The molecular weight excluding hydrogens is 491 g/mol. The number of likely N-dealkylation sites (tertiary alicyclic amines) is 1. The lowest BCUT2D eigenvalue weighted by Gasteiger charge is -2.31. The van der Waals surface area contributed by atoms with E-state index in [1.807, 2.05) is 18.2 Å². The fourth-order valence-corrected chi connectivity index (χ4v) is 5.52. The van der Waals surface area contributed by atoms with Gasteiger partial charge in [0.25, 0.3) is 0 Å². The second-order valence-electron chi connectivity index (χ2n) is 6.89. The van der Waals surface area contributed by atoms with Gasteiger partial charge in [0, 0.05) is 34.4 Å². The molecular formula is C20H18BrFN4O2S2. The fraction of sp³-hybridized carbons (Fsp3) is 0.300. The SMILES string of the molecule is O=C(CSc1[nH]c(=O)ncc1F)N1CCC(c2nc(-c3cccc(Br)c3)cs2)CC1. The fourth-order valence-electron chi connectivity index (χ4n) is 3.32. The van der Waals surface area contributed by atoms with Gasteiger partial charge in [-0.2, -0.15) is 4.98 Å². The second-order valence-corrected chi connectivity index (χ2v) is 9.68. The minimum atomic E-state index is -0.629. The third kappa shape index (κ3) is 4.98. The number of carbonyl (C=O) groups is 1. The first-order valence-electron chi connectivity index (χ1n) is 9.36. The number of aromatic nitrogens is 3. The van der Waals surface area contributed by atoms with Crippen LogP contribution in [-0.2, 0) is 4.79 Å². The average molecular weight is 509 g/mol. The number of piperidine rings is 1. The molecule has 10 heteroatoms. The topological polar surface area (TPSA) is 79.0 Å². The number of halogens is 2. The molecule has 156 valence electrons. The van der Waals surface area contributed by atoms with Gasteiger partial charge in [0.1, 0.15) is 5.03 Å². The number of nitrogens with zero attached hydrogens (tertiary/aromatic N) is 3. The number of aromatic amines is 1. The summed E-state index contributed by atoms with van der Waals surface area (Å²) in [4.78, 5) is 36.0. The van der Waals surface area contributed by atoms with Gasteiger partial charge in [-0.1, -0.05) is 39.8 Å². The first-order valence-corrected chi connectivity index (χ1v) is 12.0. The van der Waals surface area contributed by atoms with E-state index in [1.54, 1.807) is 16.2 Å². The molecule has 0 radical (unpaired) electrons. The molecule has 6 nitrogen and oxygen atoms in total. The standard InChI is InChI=1S/C20H18BrFN4O2S2/c21-14-3-1-2-13(8-14)16-10-29-18(24-16)12-4-6-26(7-5-12)17(27)11-30-19-15(22)9-23-20(28)25-19/h1-3,8-10,12H,4-7,11H2,(H,23,25,28). The van der Waals surface area contributed by atoms with E-state index in [9.17, 15) is 14.0 Å². The summed E-state index contributed by atoms with van der Waals surface area (Å²) >= 11 is 6.14. The monoisotopic (exact) mass is 508 g/mol. The maximum atomic E-state index is 13.7. The van der Waals surface area contributed by atoms with Crippen molar-refractivity contribution < 1.29 is 9.18 Å². The van der Waals surface area contributed by atoms with Crippen molar-refractivity contribution >= 4 is 44.9 Å². The van der Waals surface area contributed by atoms with E-state index in [2.05, 4.69) is 37.3 Å². The van der Waals surface area contributed by atoms with Crippen molar-refractivity contribution in [3.63, 3.8) is 0 Å². The van der Waals surface area contributed by atoms with Crippen molar-refractivity contribution in [1.29, 1.82) is 0 Å². The Kier molecular flexibility index (Phi) is 6.64. The van der Waals surface area contributed by atoms with Crippen LogP contribution in [0.1, 0.15) is 23.8 Å². The number of carbonyl (C=O) groups excluding carboxylic acids is 1. The predicted octanol–water partition coefficient (Wildman–Crippen LogP) is 4.29. The summed E-state index contributed by atoms with van der Waals surface area (Å²) in [6.07, 6.45) is 2.57. The number of H-pyrrole nitrogens is 1. The molecule has 30 heavy (non-hydrogen) atoms. The summed E-state index contributed by atoms with van der Waals surface area (Å²) in [5, 5.41) is 3.22. The number of hydrogen-bond donors (Lipinski definition) is 1. The van der Waals surface area contributed by atoms with Crippen LogP contribution in [0.3, 0.4) is 0 Å². The van der Waals surface area contributed by atoms with E-state index in [0.29, 0.717) is 19.0 Å². The van der Waals surface area contributed by atoms with Crippen LogP contribution < -0.4 is 5.69 Å². The van der Waals surface area contributed by atoms with E-state index >= 15 is 0 Å². The van der Waals surface area contributed by atoms with Gasteiger partial charge in [0.2, 0.25) is 5.91 Å². The summed E-state index contributed by atoms with van der Waals surface area (Å²) in [6.45, 7) is 1.29. The molecule has 0 spiro atoms. The Morgan fingerprint density at radius 3 is 2.93 bits per heavy atom. The van der Waals surface area contributed by atoms with Crippen molar-refractivity contribution in [2.24, 2.45) is 0 Å². The molecule has 0 unspecified atom stereocenters. The maximum Gasteiger partial charge on any atom is 0.345 e. The van der Waals surface area contributed by atoms with E-state index in [1.165, 1.54) is 0 Å². The molecule has 1 amide bonds. The lowest BCUT2D eigenvalue weighted by atomic mass is 9.97. The van der Waals surface area contributed by atoms with Crippen molar-refractivity contribution in [3.05, 3.63) is 61.6 Å². The zero-order valence-electron chi connectivity index (χ0n) is 15.8. The van der Waals surface area contributed by atoms with Crippen LogP contribution in [0.15, 0.2) is 50.1 Å². The van der Waals surface area contributed by atoms with E-state index in [4.69, 9.17) is 4.98 Å². The molecule has 0 atom stereocenters. The highest BCUT2D eigenvalue weighted by atomic mass is 79.9. The highest BCUT2D eigenvalue weighted by Crippen LogP contribution is 2.33. The highest BCUT2D eigenvalue weighted by molar-refractivity contribution is 9.10. The Balaban J connectivity index is 1.32. The van der Waals surface area contributed by atoms with Gasteiger partial charge in [-0.3, -0.25) is 9.78 Å². The predicted molar refractivity (Wildman–Crippen MR) is 119 cm³/mol. The van der Waals surface area contributed by atoms with Crippen molar-refractivity contribution in [3.8, 4) is 11.3 Å². The zero-order valence-corrected chi connectivity index (χ0v) is 19.0. The summed E-state index contributed by atoms with van der Waals surface area (Å²) in [7, 11) is 0. The molecule has 1 saturated heterocycles. The van der Waals surface area contributed by atoms with Gasteiger partial charge in [0.05, 0.1) is 22.7 Å². The second kappa shape index (κ2) is 9.40. The van der Waals surface area contributed by atoms with Crippen LogP contribution in [-0.4, -0.2) is 44.6 Å². The first-order chi connectivity index (χ1) is 14.5. The summed E-state index contributed by atoms with van der Waals surface area (Å²) in [6, 6.07) is 8.08. The van der Waals surface area contributed by atoms with Crippen molar-refractivity contribution in [1.82, 2.24) is 19.9 Å². The minimum absolute atomic E-state index is 0.0427. The minimum Gasteiger partial charge on any atom is -0.342 e. The number of rotatable bonds is 5. The van der Waals surface area contributed by atoms with Gasteiger partial charge in [-0.05, 0) is 25.0 Å². The smallest absolute Gasteiger partial charge is 0.342 e. The molecule has 1 fully saturated rings. The molecule has 3 heterocycles. The highest BCUT2D eigenvalue weighted by Gasteiger charge is 2.26. The molecule has 3 aromatic rings.